The molecule has 0 radical (unpaired) electrons. The minimum atomic E-state index is -1.50. The summed E-state index contributed by atoms with van der Waals surface area (Å²) in [6.45, 7) is 5.53. The molecule has 0 aliphatic carbocycles. The molecule has 2 aliphatic rings. The molecular formula is C33H41FN6O8. The number of hydrogen-bond donors (Lipinski definition) is 3. The molecule has 4 heterocycles. The number of allylic oxidation sites excluding steroid dienone is 2. The Morgan fingerprint density at radius 3 is 2.85 bits per heavy atom. The zero-order valence-corrected chi connectivity index (χ0v) is 27.1. The molecule has 14 nitrogen and oxygen atoms in total. The van der Waals surface area contributed by atoms with Gasteiger partial charge >= 0.3 is 12.1 Å². The summed E-state index contributed by atoms with van der Waals surface area (Å²) in [6, 6.07) is -0.930. The Labute approximate surface area is 277 Å². The molecule has 258 valence electrons. The molecule has 15 heteroatoms. The number of esters is 1. The highest BCUT2D eigenvalue weighted by Crippen LogP contribution is 2.26. The number of amides is 3. The van der Waals surface area contributed by atoms with E-state index in [-0.39, 0.29) is 49.9 Å². The number of anilines is 1. The molecule has 3 amide bonds. The minimum Gasteiger partial charge on any atom is -0.460 e. The van der Waals surface area contributed by atoms with Crippen LogP contribution < -0.4 is 10.6 Å². The third-order valence-electron chi connectivity index (χ3n) is 7.83. The summed E-state index contributed by atoms with van der Waals surface area (Å²) < 4.78 is 31.5. The first-order valence-electron chi connectivity index (χ1n) is 15.8. The van der Waals surface area contributed by atoms with E-state index in [2.05, 4.69) is 25.6 Å². The van der Waals surface area contributed by atoms with E-state index >= 15 is 0 Å². The number of cyclic esters (lactones) is 1. The number of ether oxygens (including phenoxy) is 2. The van der Waals surface area contributed by atoms with Gasteiger partial charge in [-0.05, 0) is 25.8 Å². The smallest absolute Gasteiger partial charge is 0.412 e. The molecule has 2 aromatic heterocycles. The van der Waals surface area contributed by atoms with E-state index in [9.17, 15) is 28.7 Å². The average molecular weight is 669 g/mol. The summed E-state index contributed by atoms with van der Waals surface area (Å²) in [5.41, 5.74) is 0.591. The number of aliphatic hydroxyl groups is 1. The summed E-state index contributed by atoms with van der Waals surface area (Å²) in [5, 5.41) is 15.5. The number of nitrogens with one attached hydrogen (secondary N) is 2. The van der Waals surface area contributed by atoms with Gasteiger partial charge in [0.15, 0.2) is 17.4 Å². The van der Waals surface area contributed by atoms with Crippen molar-refractivity contribution in [2.24, 2.45) is 11.8 Å². The Morgan fingerprint density at radius 1 is 1.27 bits per heavy atom. The summed E-state index contributed by atoms with van der Waals surface area (Å²) in [4.78, 5) is 65.3. The van der Waals surface area contributed by atoms with Gasteiger partial charge in [-0.15, -0.1) is 0 Å². The van der Waals surface area contributed by atoms with Crippen molar-refractivity contribution in [2.75, 3.05) is 25.0 Å². The zero-order valence-electron chi connectivity index (χ0n) is 27.1. The number of halogens is 1. The molecule has 0 saturated carbocycles. The van der Waals surface area contributed by atoms with Gasteiger partial charge in [0, 0.05) is 43.7 Å². The number of aliphatic hydroxyl groups excluding tert-OH is 1. The summed E-state index contributed by atoms with van der Waals surface area (Å²) in [7, 11) is 0. The van der Waals surface area contributed by atoms with E-state index in [1.54, 1.807) is 39.0 Å². The minimum absolute atomic E-state index is 0.0102. The van der Waals surface area contributed by atoms with E-state index in [1.165, 1.54) is 35.6 Å². The van der Waals surface area contributed by atoms with Crippen molar-refractivity contribution >= 4 is 29.7 Å². The van der Waals surface area contributed by atoms with Crippen LogP contribution in [0.25, 0.3) is 0 Å². The number of aromatic nitrogens is 3. The van der Waals surface area contributed by atoms with Gasteiger partial charge < -0.3 is 29.2 Å². The van der Waals surface area contributed by atoms with E-state index in [4.69, 9.17) is 13.9 Å². The van der Waals surface area contributed by atoms with Gasteiger partial charge in [0.2, 0.25) is 5.91 Å². The van der Waals surface area contributed by atoms with Crippen LogP contribution in [-0.2, 0) is 25.5 Å². The largest absolute Gasteiger partial charge is 0.460 e. The second-order valence-corrected chi connectivity index (χ2v) is 11.9. The quantitative estimate of drug-likeness (QED) is 0.406. The number of rotatable bonds is 4. The first-order chi connectivity index (χ1) is 23.0. The van der Waals surface area contributed by atoms with Gasteiger partial charge in [0.05, 0.1) is 25.3 Å². The molecule has 0 unspecified atom stereocenters. The highest BCUT2D eigenvalue weighted by Gasteiger charge is 2.39. The average Bonchev–Trinajstić information content (AvgIpc) is 3.73. The monoisotopic (exact) mass is 668 g/mol. The number of nitrogens with zero attached hydrogens (tertiary/aromatic N) is 4. The second kappa shape index (κ2) is 17.3. The van der Waals surface area contributed by atoms with Crippen molar-refractivity contribution in [2.45, 2.75) is 70.9 Å². The fourth-order valence-corrected chi connectivity index (χ4v) is 5.44. The first-order valence-corrected chi connectivity index (χ1v) is 15.8. The van der Waals surface area contributed by atoms with E-state index in [1.807, 2.05) is 0 Å². The van der Waals surface area contributed by atoms with E-state index in [0.717, 1.165) is 6.26 Å². The predicted octanol–water partition coefficient (Wildman–Crippen LogP) is 3.32. The molecule has 1 saturated heterocycles. The molecule has 1 fully saturated rings. The third-order valence-corrected chi connectivity index (χ3v) is 7.83. The lowest BCUT2D eigenvalue weighted by atomic mass is 9.93. The van der Waals surface area contributed by atoms with Gasteiger partial charge in [-0.1, -0.05) is 43.7 Å². The van der Waals surface area contributed by atoms with Gasteiger partial charge in [0.25, 0.3) is 5.91 Å². The van der Waals surface area contributed by atoms with Crippen molar-refractivity contribution in [3.63, 3.8) is 0 Å². The lowest BCUT2D eigenvalue weighted by Gasteiger charge is -2.30. The van der Waals surface area contributed by atoms with Crippen LogP contribution in [-0.4, -0.2) is 93.0 Å². The van der Waals surface area contributed by atoms with Crippen LogP contribution in [0.5, 0.6) is 0 Å². The molecule has 48 heavy (non-hydrogen) atoms. The number of oxazole rings is 1. The summed E-state index contributed by atoms with van der Waals surface area (Å²) >= 11 is 0. The van der Waals surface area contributed by atoms with Crippen molar-refractivity contribution < 1.29 is 42.6 Å². The lowest BCUT2D eigenvalue weighted by molar-refractivity contribution is -0.159. The van der Waals surface area contributed by atoms with Crippen LogP contribution in [0.2, 0.25) is 0 Å². The van der Waals surface area contributed by atoms with Crippen LogP contribution in [0, 0.1) is 11.8 Å². The molecule has 2 aromatic rings. The molecule has 6 atom stereocenters. The Morgan fingerprint density at radius 2 is 2.08 bits per heavy atom. The predicted molar refractivity (Wildman–Crippen MR) is 170 cm³/mol. The molecule has 0 spiro atoms. The molecular weight excluding hydrogens is 627 g/mol. The topological polar surface area (TPSA) is 186 Å². The van der Waals surface area contributed by atoms with Crippen LogP contribution >= 0.6 is 0 Å². The number of hydrogen-bond acceptors (Lipinski definition) is 11. The van der Waals surface area contributed by atoms with Gasteiger partial charge in [-0.25, -0.2) is 23.9 Å². The third kappa shape index (κ3) is 10.6. The maximum absolute atomic E-state index is 14.8. The highest BCUT2D eigenvalue weighted by molar-refractivity contribution is 5.95. The Bertz CT molecular complexity index is 1510. The number of carbonyl (C=O) groups excluding carboxylic acids is 4. The maximum atomic E-state index is 14.8. The fraction of sp³-hybridized carbons (Fsp3) is 0.485. The number of fused-ring (bicyclic) bond motifs is 3. The summed E-state index contributed by atoms with van der Waals surface area (Å²) in [5.74, 6) is -2.50. The van der Waals surface area contributed by atoms with Crippen molar-refractivity contribution in [1.82, 2.24) is 25.2 Å². The lowest BCUT2D eigenvalue weighted by Crippen LogP contribution is -2.44. The number of carbonyl (C=O) groups is 4. The Hall–Kier alpha value is -4.92. The van der Waals surface area contributed by atoms with E-state index < -0.39 is 60.1 Å². The first kappa shape index (κ1) is 35.9. The Balaban J connectivity index is 1.54. The van der Waals surface area contributed by atoms with Crippen LogP contribution in [0.3, 0.4) is 0 Å². The van der Waals surface area contributed by atoms with Crippen molar-refractivity contribution in [3.8, 4) is 0 Å². The Kier molecular flexibility index (Phi) is 12.9. The molecule has 0 aromatic carbocycles. The highest BCUT2D eigenvalue weighted by atomic mass is 19.1. The van der Waals surface area contributed by atoms with Crippen LogP contribution in [0.4, 0.5) is 15.0 Å². The van der Waals surface area contributed by atoms with Crippen LogP contribution in [0.1, 0.15) is 56.4 Å². The van der Waals surface area contributed by atoms with Crippen molar-refractivity contribution in [3.05, 3.63) is 72.4 Å². The zero-order chi connectivity index (χ0) is 34.6. The van der Waals surface area contributed by atoms with Gasteiger partial charge in [-0.2, -0.15) is 0 Å². The molecule has 2 bridgehead atoms. The fourth-order valence-electron chi connectivity index (χ4n) is 5.44. The molecule has 4 rings (SSSR count). The standard InChI is InChI=1S/C33H41FN6O8/c1-20-6-4-10-37-28(42)9-8-21(2)30(22(3)18-47-33(45)39-27-17-35-11-12-36-27)48-32(44)26-7-5-13-40(26)31(43)25-19-46-29(38-25)16-23(34)15-24(41)14-20/h4,6,8-9,11-12,14,17,19,21-24,26,30,41H,5,7,10,13,15-16,18H2,1-3H3,(H,37,42)(H,36,39,45)/b6-4+,9-8+,20-14+/t21-,22+,23-,24-,26-,30+/m1/s1. The van der Waals surface area contributed by atoms with E-state index in [0.29, 0.717) is 18.4 Å². The number of alkyl halides is 1. The van der Waals surface area contributed by atoms with Crippen molar-refractivity contribution in [1.29, 1.82) is 0 Å². The van der Waals surface area contributed by atoms with Crippen LogP contribution in [0.15, 0.2) is 65.2 Å². The molecule has 2 aliphatic heterocycles. The second-order valence-electron chi connectivity index (χ2n) is 11.9. The molecule has 3 N–H and O–H groups in total. The maximum Gasteiger partial charge on any atom is 0.412 e. The normalized spacial score (nSPS) is 27.8. The van der Waals surface area contributed by atoms with Gasteiger partial charge in [0.1, 0.15) is 24.6 Å². The summed E-state index contributed by atoms with van der Waals surface area (Å²) in [6.07, 6.45) is 9.32. The SMILES string of the molecule is CC1=C\[C@@H](O)C[C@@H](F)Cc2nc(co2)C(=O)N2CCC[C@@H]2C(=O)O[C@H]([C@@H](C)COC(=O)Nc2cnccn2)[C@H](C)/C=C/C(=O)NC\C=C\1. The van der Waals surface area contributed by atoms with Gasteiger partial charge in [-0.3, -0.25) is 19.9 Å².